The van der Waals surface area contributed by atoms with Crippen LogP contribution in [-0.4, -0.2) is 39.1 Å². The van der Waals surface area contributed by atoms with Crippen molar-refractivity contribution in [1.82, 2.24) is 0 Å². The van der Waals surface area contributed by atoms with E-state index in [1.165, 1.54) is 14.0 Å². The number of anilines is 2. The van der Waals surface area contributed by atoms with Gasteiger partial charge in [0.25, 0.3) is 0 Å². The minimum atomic E-state index is -3.70. The lowest BCUT2D eigenvalue weighted by molar-refractivity contribution is -0.119. The summed E-state index contributed by atoms with van der Waals surface area (Å²) in [5.41, 5.74) is 2.16. The largest absolute Gasteiger partial charge is 0.495 e. The van der Waals surface area contributed by atoms with Gasteiger partial charge >= 0.3 is 0 Å². The molecule has 4 rings (SSSR count). The number of benzene rings is 2. The first-order chi connectivity index (χ1) is 14.8. The van der Waals surface area contributed by atoms with Crippen LogP contribution in [0.5, 0.6) is 5.75 Å². The third kappa shape index (κ3) is 4.30. The Hall–Kier alpha value is -2.87. The van der Waals surface area contributed by atoms with Gasteiger partial charge in [-0.15, -0.1) is 0 Å². The van der Waals surface area contributed by atoms with E-state index in [1.54, 1.807) is 47.4 Å². The normalized spacial score (nSPS) is 16.5. The number of nitrogens with one attached hydrogen (secondary N) is 1. The molecule has 0 spiro atoms. The number of amides is 2. The molecule has 164 valence electrons. The first kappa shape index (κ1) is 21.4. The van der Waals surface area contributed by atoms with E-state index in [4.69, 9.17) is 4.74 Å². The van der Waals surface area contributed by atoms with E-state index in [2.05, 4.69) is 5.32 Å². The Morgan fingerprint density at radius 2 is 1.94 bits per heavy atom. The number of carbonyl (C=O) groups excluding carboxylic acids is 2. The maximum atomic E-state index is 13.1. The molecule has 0 aromatic heterocycles. The second kappa shape index (κ2) is 8.34. The molecule has 0 unspecified atom stereocenters. The molecule has 2 aliphatic rings. The number of nitrogens with zero attached hydrogens (tertiary/aromatic N) is 1. The maximum absolute atomic E-state index is 13.1. The van der Waals surface area contributed by atoms with E-state index in [0.29, 0.717) is 24.4 Å². The molecule has 1 fully saturated rings. The Morgan fingerprint density at radius 1 is 1.19 bits per heavy atom. The van der Waals surface area contributed by atoms with Gasteiger partial charge in [-0.25, -0.2) is 8.42 Å². The van der Waals surface area contributed by atoms with Gasteiger partial charge in [-0.05, 0) is 62.1 Å². The number of hydrogen-bond donors (Lipinski definition) is 1. The van der Waals surface area contributed by atoms with Gasteiger partial charge in [0.15, 0.2) is 9.84 Å². The predicted molar refractivity (Wildman–Crippen MR) is 118 cm³/mol. The standard InChI is InChI=1S/C23H26N2O5S/c1-15(13-22(26)24-19-5-3-4-6-21(19)30-2)31(28,29)18-9-10-20-17(14-18)11-12-25(20)23(27)16-7-8-16/h3-6,9-10,14-16H,7-8,11-13H2,1-2H3,(H,24,26)/t15-/m0/s1. The lowest BCUT2D eigenvalue weighted by Crippen LogP contribution is -2.30. The van der Waals surface area contributed by atoms with E-state index in [1.807, 2.05) is 0 Å². The Balaban J connectivity index is 1.46. The molecular formula is C23H26N2O5S. The highest BCUT2D eigenvalue weighted by Gasteiger charge is 2.37. The van der Waals surface area contributed by atoms with Crippen molar-refractivity contribution >= 4 is 33.0 Å². The van der Waals surface area contributed by atoms with Crippen molar-refractivity contribution in [3.05, 3.63) is 48.0 Å². The van der Waals surface area contributed by atoms with E-state index in [0.717, 1.165) is 24.1 Å². The summed E-state index contributed by atoms with van der Waals surface area (Å²) >= 11 is 0. The Kier molecular flexibility index (Phi) is 5.75. The summed E-state index contributed by atoms with van der Waals surface area (Å²) in [6.07, 6.45) is 2.33. The molecule has 1 heterocycles. The lowest BCUT2D eigenvalue weighted by atomic mass is 10.2. The first-order valence-corrected chi connectivity index (χ1v) is 12.0. The smallest absolute Gasteiger partial charge is 0.230 e. The molecule has 2 aromatic rings. The first-order valence-electron chi connectivity index (χ1n) is 10.4. The van der Waals surface area contributed by atoms with Crippen molar-refractivity contribution in [1.29, 1.82) is 0 Å². The Bertz CT molecular complexity index is 1120. The van der Waals surface area contributed by atoms with Crippen molar-refractivity contribution < 1.29 is 22.7 Å². The highest BCUT2D eigenvalue weighted by Crippen LogP contribution is 2.37. The van der Waals surface area contributed by atoms with Crippen LogP contribution in [0.4, 0.5) is 11.4 Å². The number of hydrogen-bond acceptors (Lipinski definition) is 5. The van der Waals surface area contributed by atoms with Crippen LogP contribution in [-0.2, 0) is 25.8 Å². The van der Waals surface area contributed by atoms with Gasteiger partial charge in [-0.1, -0.05) is 12.1 Å². The number of sulfone groups is 1. The quantitative estimate of drug-likeness (QED) is 0.711. The summed E-state index contributed by atoms with van der Waals surface area (Å²) < 4.78 is 31.4. The van der Waals surface area contributed by atoms with Crippen LogP contribution in [0.3, 0.4) is 0 Å². The van der Waals surface area contributed by atoms with Crippen LogP contribution in [0.2, 0.25) is 0 Å². The fraction of sp³-hybridized carbons (Fsp3) is 0.391. The predicted octanol–water partition coefficient (Wildman–Crippen LogP) is 3.19. The van der Waals surface area contributed by atoms with Crippen molar-refractivity contribution in [3.63, 3.8) is 0 Å². The van der Waals surface area contributed by atoms with Gasteiger partial charge in [-0.2, -0.15) is 0 Å². The lowest BCUT2D eigenvalue weighted by Gasteiger charge is -2.18. The van der Waals surface area contributed by atoms with Gasteiger partial charge < -0.3 is 15.0 Å². The Morgan fingerprint density at radius 3 is 2.65 bits per heavy atom. The fourth-order valence-corrected chi connectivity index (χ4v) is 5.29. The van der Waals surface area contributed by atoms with Gasteiger partial charge in [0.1, 0.15) is 5.75 Å². The molecule has 0 radical (unpaired) electrons. The van der Waals surface area contributed by atoms with Gasteiger partial charge in [-0.3, -0.25) is 9.59 Å². The molecule has 0 saturated heterocycles. The van der Waals surface area contributed by atoms with Crippen LogP contribution in [0, 0.1) is 5.92 Å². The van der Waals surface area contributed by atoms with Crippen LogP contribution in [0.15, 0.2) is 47.4 Å². The van der Waals surface area contributed by atoms with Gasteiger partial charge in [0, 0.05) is 24.6 Å². The zero-order chi connectivity index (χ0) is 22.2. The third-order valence-corrected chi connectivity index (χ3v) is 7.99. The summed E-state index contributed by atoms with van der Waals surface area (Å²) in [6.45, 7) is 2.12. The summed E-state index contributed by atoms with van der Waals surface area (Å²) in [6, 6.07) is 11.9. The molecular weight excluding hydrogens is 416 g/mol. The fourth-order valence-electron chi connectivity index (χ4n) is 3.89. The van der Waals surface area contributed by atoms with Crippen LogP contribution in [0.1, 0.15) is 31.7 Å². The number of para-hydroxylation sites is 2. The molecule has 1 N–H and O–H groups in total. The number of methoxy groups -OCH3 is 1. The molecule has 31 heavy (non-hydrogen) atoms. The second-order valence-electron chi connectivity index (χ2n) is 8.11. The molecule has 8 heteroatoms. The number of fused-ring (bicyclic) bond motifs is 1. The van der Waals surface area contributed by atoms with E-state index < -0.39 is 21.0 Å². The summed E-state index contributed by atoms with van der Waals surface area (Å²) in [5, 5.41) is 1.82. The van der Waals surface area contributed by atoms with E-state index in [9.17, 15) is 18.0 Å². The monoisotopic (exact) mass is 442 g/mol. The zero-order valence-electron chi connectivity index (χ0n) is 17.6. The topological polar surface area (TPSA) is 92.8 Å². The minimum Gasteiger partial charge on any atom is -0.495 e. The second-order valence-corrected chi connectivity index (χ2v) is 10.5. The van der Waals surface area contributed by atoms with E-state index >= 15 is 0 Å². The van der Waals surface area contributed by atoms with Crippen LogP contribution < -0.4 is 15.0 Å². The molecule has 1 atom stereocenters. The summed E-state index contributed by atoms with van der Waals surface area (Å²) in [7, 11) is -2.20. The number of carbonyl (C=O) groups is 2. The van der Waals surface area contributed by atoms with Crippen LogP contribution >= 0.6 is 0 Å². The Labute approximate surface area is 182 Å². The average molecular weight is 443 g/mol. The molecule has 2 amide bonds. The van der Waals surface area contributed by atoms with Crippen molar-refractivity contribution in [2.24, 2.45) is 5.92 Å². The highest BCUT2D eigenvalue weighted by molar-refractivity contribution is 7.92. The zero-order valence-corrected chi connectivity index (χ0v) is 18.4. The highest BCUT2D eigenvalue weighted by atomic mass is 32.2. The number of ether oxygens (including phenoxy) is 1. The van der Waals surface area contributed by atoms with Crippen molar-refractivity contribution in [3.8, 4) is 5.75 Å². The molecule has 1 saturated carbocycles. The van der Waals surface area contributed by atoms with E-state index in [-0.39, 0.29) is 23.1 Å². The van der Waals surface area contributed by atoms with Crippen molar-refractivity contribution in [2.75, 3.05) is 23.9 Å². The molecule has 0 bridgehead atoms. The molecule has 2 aromatic carbocycles. The SMILES string of the molecule is COc1ccccc1NC(=O)C[C@H](C)S(=O)(=O)c1ccc2c(c1)CCN2C(=O)C1CC1. The van der Waals surface area contributed by atoms with Crippen LogP contribution in [0.25, 0.3) is 0 Å². The molecule has 1 aliphatic carbocycles. The van der Waals surface area contributed by atoms with Gasteiger partial charge in [0.2, 0.25) is 11.8 Å². The van der Waals surface area contributed by atoms with Gasteiger partial charge in [0.05, 0.1) is 22.9 Å². The summed E-state index contributed by atoms with van der Waals surface area (Å²) in [4.78, 5) is 26.9. The summed E-state index contributed by atoms with van der Waals surface area (Å²) in [5.74, 6) is 0.366. The maximum Gasteiger partial charge on any atom is 0.230 e. The molecule has 7 nitrogen and oxygen atoms in total. The molecule has 1 aliphatic heterocycles. The van der Waals surface area contributed by atoms with Crippen molar-refractivity contribution in [2.45, 2.75) is 42.8 Å². The number of rotatable bonds is 7. The third-order valence-electron chi connectivity index (χ3n) is 5.85. The average Bonchev–Trinajstić information content (AvgIpc) is 3.52. The minimum absolute atomic E-state index is 0.121.